The van der Waals surface area contributed by atoms with Crippen LogP contribution in [0.1, 0.15) is 37.0 Å². The highest BCUT2D eigenvalue weighted by atomic mass is 16.5. The number of ether oxygens (including phenoxy) is 1. The zero-order valence-corrected chi connectivity index (χ0v) is 11.0. The van der Waals surface area contributed by atoms with Gasteiger partial charge in [0.15, 0.2) is 6.61 Å². The van der Waals surface area contributed by atoms with E-state index in [0.717, 1.165) is 24.8 Å². The van der Waals surface area contributed by atoms with E-state index in [9.17, 15) is 0 Å². The van der Waals surface area contributed by atoms with Crippen LogP contribution in [0.2, 0.25) is 0 Å². The topological polar surface area (TPSA) is 68.4 Å². The van der Waals surface area contributed by atoms with E-state index in [4.69, 9.17) is 14.4 Å². The average molecular weight is 262 g/mol. The maximum Gasteiger partial charge on any atom is 0.226 e. The van der Waals surface area contributed by atoms with E-state index in [-0.39, 0.29) is 13.2 Å². The molecule has 0 unspecified atom stereocenters. The molecule has 0 bridgehead atoms. The van der Waals surface area contributed by atoms with Gasteiger partial charge in [-0.25, -0.2) is 0 Å². The first-order valence-corrected chi connectivity index (χ1v) is 6.46. The molecule has 0 fully saturated rings. The van der Waals surface area contributed by atoms with Gasteiger partial charge in [-0.1, -0.05) is 30.6 Å². The van der Waals surface area contributed by atoms with Crippen molar-refractivity contribution in [2.45, 2.75) is 39.4 Å². The lowest BCUT2D eigenvalue weighted by atomic mass is 10.2. The Balaban J connectivity index is 1.89. The smallest absolute Gasteiger partial charge is 0.226 e. The Labute approximate surface area is 112 Å². The first-order chi connectivity index (χ1) is 9.31. The van der Waals surface area contributed by atoms with Crippen LogP contribution in [-0.2, 0) is 19.6 Å². The van der Waals surface area contributed by atoms with Crippen molar-refractivity contribution in [3.63, 3.8) is 0 Å². The molecule has 0 amide bonds. The van der Waals surface area contributed by atoms with Crippen molar-refractivity contribution >= 4 is 0 Å². The molecule has 1 aromatic heterocycles. The number of hydrogen-bond acceptors (Lipinski definition) is 5. The van der Waals surface area contributed by atoms with Crippen LogP contribution in [0.4, 0.5) is 0 Å². The van der Waals surface area contributed by atoms with Crippen LogP contribution in [0.3, 0.4) is 0 Å². The molecule has 0 aliphatic heterocycles. The fraction of sp³-hybridized carbons (Fsp3) is 0.429. The van der Waals surface area contributed by atoms with E-state index in [0.29, 0.717) is 17.5 Å². The van der Waals surface area contributed by atoms with E-state index < -0.39 is 0 Å². The summed E-state index contributed by atoms with van der Waals surface area (Å²) in [6.45, 7) is 2.39. The molecule has 2 rings (SSSR count). The van der Waals surface area contributed by atoms with E-state index in [1.54, 1.807) is 6.07 Å². The van der Waals surface area contributed by atoms with Gasteiger partial charge < -0.3 is 14.4 Å². The molecular formula is C14H18N2O3. The van der Waals surface area contributed by atoms with Crippen molar-refractivity contribution < 1.29 is 14.4 Å². The van der Waals surface area contributed by atoms with Gasteiger partial charge in [-0.05, 0) is 24.1 Å². The van der Waals surface area contributed by atoms with E-state index >= 15 is 0 Å². The Morgan fingerprint density at radius 2 is 2.26 bits per heavy atom. The van der Waals surface area contributed by atoms with Gasteiger partial charge in [0.25, 0.3) is 0 Å². The van der Waals surface area contributed by atoms with Crippen LogP contribution < -0.4 is 4.74 Å². The third-order valence-corrected chi connectivity index (χ3v) is 2.70. The number of nitrogens with zero attached hydrogens (tertiary/aromatic N) is 2. The molecule has 2 aromatic rings. The predicted octanol–water partition coefficient (Wildman–Crippen LogP) is 2.48. The Morgan fingerprint density at radius 3 is 3.05 bits per heavy atom. The second kappa shape index (κ2) is 6.89. The van der Waals surface area contributed by atoms with Crippen molar-refractivity contribution in [2.24, 2.45) is 0 Å². The summed E-state index contributed by atoms with van der Waals surface area (Å²) in [6.07, 6.45) is 2.95. The number of hydrogen-bond donors (Lipinski definition) is 1. The maximum atomic E-state index is 9.04. The monoisotopic (exact) mass is 262 g/mol. The van der Waals surface area contributed by atoms with Crippen LogP contribution in [-0.4, -0.2) is 15.2 Å². The van der Waals surface area contributed by atoms with Crippen molar-refractivity contribution in [3.8, 4) is 5.75 Å². The second-order valence-corrected chi connectivity index (χ2v) is 4.30. The predicted molar refractivity (Wildman–Crippen MR) is 69.6 cm³/mol. The quantitative estimate of drug-likeness (QED) is 0.830. The molecule has 5 nitrogen and oxygen atoms in total. The van der Waals surface area contributed by atoms with Crippen LogP contribution in [0.5, 0.6) is 5.75 Å². The summed E-state index contributed by atoms with van der Waals surface area (Å²) in [5.74, 6) is 1.89. The molecule has 19 heavy (non-hydrogen) atoms. The van der Waals surface area contributed by atoms with Crippen LogP contribution in [0.15, 0.2) is 28.8 Å². The summed E-state index contributed by atoms with van der Waals surface area (Å²) >= 11 is 0. The summed E-state index contributed by atoms with van der Waals surface area (Å²) < 4.78 is 10.7. The molecule has 1 aromatic carbocycles. The number of aliphatic hydroxyl groups is 1. The Morgan fingerprint density at radius 1 is 1.37 bits per heavy atom. The molecule has 1 heterocycles. The van der Waals surface area contributed by atoms with Crippen molar-refractivity contribution in [2.75, 3.05) is 0 Å². The lowest BCUT2D eigenvalue weighted by Gasteiger charge is -2.04. The van der Waals surface area contributed by atoms with Crippen molar-refractivity contribution in [3.05, 3.63) is 41.5 Å². The van der Waals surface area contributed by atoms with E-state index in [1.807, 2.05) is 18.2 Å². The minimum Gasteiger partial charge on any atom is -0.485 e. The molecule has 1 N–H and O–H groups in total. The SMILES string of the molecule is CCCCc1nc(COc2cccc(CO)c2)no1. The standard InChI is InChI=1S/C14H18N2O3/c1-2-3-7-14-15-13(16-19-14)10-18-12-6-4-5-11(8-12)9-17/h4-6,8,17H,2-3,7,9-10H2,1H3. The van der Waals surface area contributed by atoms with Gasteiger partial charge in [0.05, 0.1) is 6.61 Å². The maximum absolute atomic E-state index is 9.04. The molecule has 0 aliphatic rings. The number of aliphatic hydroxyl groups excluding tert-OH is 1. The van der Waals surface area contributed by atoms with Crippen LogP contribution in [0.25, 0.3) is 0 Å². The van der Waals surface area contributed by atoms with Gasteiger partial charge in [-0.3, -0.25) is 0 Å². The molecule has 102 valence electrons. The van der Waals surface area contributed by atoms with Gasteiger partial charge in [-0.2, -0.15) is 4.98 Å². The Kier molecular flexibility index (Phi) is 4.92. The normalized spacial score (nSPS) is 10.6. The molecular weight excluding hydrogens is 244 g/mol. The van der Waals surface area contributed by atoms with Crippen LogP contribution >= 0.6 is 0 Å². The molecule has 0 aliphatic carbocycles. The van der Waals surface area contributed by atoms with Gasteiger partial charge in [0.1, 0.15) is 5.75 Å². The zero-order chi connectivity index (χ0) is 13.5. The minimum atomic E-state index is 0.000572. The highest BCUT2D eigenvalue weighted by molar-refractivity contribution is 5.27. The molecule has 0 radical (unpaired) electrons. The molecule has 0 spiro atoms. The summed E-state index contributed by atoms with van der Waals surface area (Å²) in [5.41, 5.74) is 0.814. The summed E-state index contributed by atoms with van der Waals surface area (Å²) in [6, 6.07) is 7.29. The number of aryl methyl sites for hydroxylation is 1. The average Bonchev–Trinajstić information content (AvgIpc) is 2.91. The van der Waals surface area contributed by atoms with Gasteiger partial charge in [0.2, 0.25) is 11.7 Å². The second-order valence-electron chi connectivity index (χ2n) is 4.30. The fourth-order valence-electron chi connectivity index (χ4n) is 1.66. The van der Waals surface area contributed by atoms with Gasteiger partial charge in [0, 0.05) is 6.42 Å². The minimum absolute atomic E-state index is 0.000572. The van der Waals surface area contributed by atoms with Gasteiger partial charge >= 0.3 is 0 Å². The molecule has 0 saturated heterocycles. The zero-order valence-electron chi connectivity index (χ0n) is 11.0. The third kappa shape index (κ3) is 4.06. The first-order valence-electron chi connectivity index (χ1n) is 6.46. The molecule has 0 atom stereocenters. The third-order valence-electron chi connectivity index (χ3n) is 2.70. The number of rotatable bonds is 7. The largest absolute Gasteiger partial charge is 0.485 e. The molecule has 5 heteroatoms. The van der Waals surface area contributed by atoms with Crippen molar-refractivity contribution in [1.82, 2.24) is 10.1 Å². The number of unbranched alkanes of at least 4 members (excludes halogenated alkanes) is 1. The summed E-state index contributed by atoms with van der Waals surface area (Å²) in [5, 5.41) is 12.9. The van der Waals surface area contributed by atoms with Gasteiger partial charge in [-0.15, -0.1) is 0 Å². The lowest BCUT2D eigenvalue weighted by molar-refractivity contribution is 0.273. The fourth-order valence-corrected chi connectivity index (χ4v) is 1.66. The Bertz CT molecular complexity index is 511. The summed E-state index contributed by atoms with van der Waals surface area (Å²) in [4.78, 5) is 4.25. The highest BCUT2D eigenvalue weighted by Gasteiger charge is 2.06. The number of benzene rings is 1. The van der Waals surface area contributed by atoms with Crippen molar-refractivity contribution in [1.29, 1.82) is 0 Å². The molecule has 0 saturated carbocycles. The van der Waals surface area contributed by atoms with E-state index in [2.05, 4.69) is 17.1 Å². The van der Waals surface area contributed by atoms with E-state index in [1.165, 1.54) is 0 Å². The summed E-state index contributed by atoms with van der Waals surface area (Å²) in [7, 11) is 0. The van der Waals surface area contributed by atoms with Crippen LogP contribution in [0, 0.1) is 0 Å². The lowest BCUT2D eigenvalue weighted by Crippen LogP contribution is -1.98. The number of aromatic nitrogens is 2. The first kappa shape index (κ1) is 13.5. The highest BCUT2D eigenvalue weighted by Crippen LogP contribution is 2.14. The Hall–Kier alpha value is -1.88.